The Hall–Kier alpha value is -0.820. The molecule has 0 aromatic heterocycles. The van der Waals surface area contributed by atoms with Gasteiger partial charge in [0, 0.05) is 6.04 Å². The van der Waals surface area contributed by atoms with Crippen LogP contribution in [-0.2, 0) is 6.42 Å². The molecule has 1 heteroatoms. The normalized spacial score (nSPS) is 22.4. The van der Waals surface area contributed by atoms with Crippen molar-refractivity contribution in [2.24, 2.45) is 5.41 Å². The molecule has 1 N–H and O–H groups in total. The molecule has 0 bridgehead atoms. The van der Waals surface area contributed by atoms with Crippen molar-refractivity contribution in [3.63, 3.8) is 0 Å². The van der Waals surface area contributed by atoms with E-state index in [-0.39, 0.29) is 0 Å². The molecule has 3 rings (SSSR count). The summed E-state index contributed by atoms with van der Waals surface area (Å²) in [5.74, 6) is 0. The van der Waals surface area contributed by atoms with Gasteiger partial charge in [-0.3, -0.25) is 0 Å². The van der Waals surface area contributed by atoms with Crippen LogP contribution in [0.5, 0.6) is 0 Å². The van der Waals surface area contributed by atoms with Crippen LogP contribution in [0.3, 0.4) is 0 Å². The van der Waals surface area contributed by atoms with Crippen LogP contribution >= 0.6 is 0 Å². The summed E-state index contributed by atoms with van der Waals surface area (Å²) in [5.41, 5.74) is 3.71. The van der Waals surface area contributed by atoms with Crippen LogP contribution in [0.4, 0.5) is 0 Å². The fourth-order valence-corrected chi connectivity index (χ4v) is 4.36. The maximum atomic E-state index is 3.80. The smallest absolute Gasteiger partial charge is 0.00676 e. The summed E-state index contributed by atoms with van der Waals surface area (Å²) in [5, 5.41) is 3.80. The molecule has 0 heterocycles. The second-order valence-corrected chi connectivity index (χ2v) is 7.11. The molecule has 0 unspecified atom stereocenters. The number of hydrogen-bond donors (Lipinski definition) is 1. The van der Waals surface area contributed by atoms with Crippen molar-refractivity contribution in [2.75, 3.05) is 6.54 Å². The molecule has 2 saturated carbocycles. The van der Waals surface area contributed by atoms with Crippen LogP contribution in [0.1, 0.15) is 62.5 Å². The van der Waals surface area contributed by atoms with Gasteiger partial charge in [0.15, 0.2) is 0 Å². The van der Waals surface area contributed by atoms with Gasteiger partial charge in [0.2, 0.25) is 0 Å². The Labute approximate surface area is 124 Å². The highest BCUT2D eigenvalue weighted by Crippen LogP contribution is 2.48. The van der Waals surface area contributed by atoms with Crippen LogP contribution in [0.25, 0.3) is 0 Å². The number of benzene rings is 1. The molecule has 1 nitrogen and oxygen atoms in total. The number of hydrogen-bond acceptors (Lipinski definition) is 1. The van der Waals surface area contributed by atoms with Gasteiger partial charge in [0.05, 0.1) is 0 Å². The average Bonchev–Trinajstić information content (AvgIpc) is 2.92. The summed E-state index contributed by atoms with van der Waals surface area (Å²) < 4.78 is 0. The van der Waals surface area contributed by atoms with E-state index in [1.165, 1.54) is 68.9 Å². The molecule has 1 aromatic carbocycles. The van der Waals surface area contributed by atoms with E-state index < -0.39 is 0 Å². The first-order valence-electron chi connectivity index (χ1n) is 8.55. The van der Waals surface area contributed by atoms with Crippen molar-refractivity contribution >= 4 is 0 Å². The molecule has 0 radical (unpaired) electrons. The summed E-state index contributed by atoms with van der Waals surface area (Å²) in [6.07, 6.45) is 13.0. The largest absolute Gasteiger partial charge is 0.314 e. The van der Waals surface area contributed by atoms with Crippen molar-refractivity contribution < 1.29 is 0 Å². The molecule has 0 atom stereocenters. The Morgan fingerprint density at radius 3 is 2.45 bits per heavy atom. The second-order valence-electron chi connectivity index (χ2n) is 7.11. The molecule has 1 aromatic rings. The van der Waals surface area contributed by atoms with Crippen LogP contribution in [-0.4, -0.2) is 12.6 Å². The van der Waals surface area contributed by atoms with Gasteiger partial charge in [0.25, 0.3) is 0 Å². The van der Waals surface area contributed by atoms with Crippen LogP contribution in [0.15, 0.2) is 24.3 Å². The van der Waals surface area contributed by atoms with Gasteiger partial charge < -0.3 is 5.32 Å². The van der Waals surface area contributed by atoms with E-state index in [4.69, 9.17) is 0 Å². The Balaban J connectivity index is 1.41. The number of nitrogens with one attached hydrogen (secondary N) is 1. The van der Waals surface area contributed by atoms with Gasteiger partial charge in [-0.2, -0.15) is 0 Å². The average molecular weight is 271 g/mol. The van der Waals surface area contributed by atoms with E-state index in [1.807, 2.05) is 0 Å². The van der Waals surface area contributed by atoms with Gasteiger partial charge in [-0.1, -0.05) is 37.1 Å². The highest BCUT2D eigenvalue weighted by Gasteiger charge is 2.37. The van der Waals surface area contributed by atoms with Crippen LogP contribution in [0.2, 0.25) is 0 Å². The Morgan fingerprint density at radius 2 is 1.75 bits per heavy atom. The third-order valence-corrected chi connectivity index (χ3v) is 5.80. The first-order chi connectivity index (χ1) is 9.77. The summed E-state index contributed by atoms with van der Waals surface area (Å²) in [4.78, 5) is 0. The molecular formula is C19H29N. The predicted octanol–water partition coefficient (Wildman–Crippen LogP) is 4.63. The predicted molar refractivity (Wildman–Crippen MR) is 86.0 cm³/mol. The quantitative estimate of drug-likeness (QED) is 0.842. The lowest BCUT2D eigenvalue weighted by Crippen LogP contribution is -2.37. The Kier molecular flexibility index (Phi) is 4.45. The SMILES string of the molecule is Cc1ccccc1CCNC1CCC2(CCCC2)CC1. The van der Waals surface area contributed by atoms with Crippen LogP contribution in [0, 0.1) is 12.3 Å². The third-order valence-electron chi connectivity index (χ3n) is 5.80. The Morgan fingerprint density at radius 1 is 1.05 bits per heavy atom. The standard InChI is InChI=1S/C19H29N/c1-16-6-2-3-7-17(16)10-15-20-18-8-13-19(14-9-18)11-4-5-12-19/h2-3,6-7,18,20H,4-5,8-15H2,1H3. The summed E-state index contributed by atoms with van der Waals surface area (Å²) >= 11 is 0. The van der Waals surface area contributed by atoms with E-state index >= 15 is 0 Å². The number of aryl methyl sites for hydroxylation is 1. The highest BCUT2D eigenvalue weighted by molar-refractivity contribution is 5.25. The van der Waals surface area contributed by atoms with Crippen molar-refractivity contribution in [1.82, 2.24) is 5.32 Å². The maximum Gasteiger partial charge on any atom is 0.00676 e. The Bertz CT molecular complexity index is 421. The lowest BCUT2D eigenvalue weighted by Gasteiger charge is -2.37. The molecule has 2 aliphatic rings. The minimum Gasteiger partial charge on any atom is -0.314 e. The zero-order valence-corrected chi connectivity index (χ0v) is 13.0. The lowest BCUT2D eigenvalue weighted by atomic mass is 9.71. The molecule has 2 fully saturated rings. The molecule has 0 aliphatic heterocycles. The molecular weight excluding hydrogens is 242 g/mol. The minimum atomic E-state index is 0.772. The second kappa shape index (κ2) is 6.30. The van der Waals surface area contributed by atoms with E-state index in [2.05, 4.69) is 36.5 Å². The lowest BCUT2D eigenvalue weighted by molar-refractivity contribution is 0.169. The van der Waals surface area contributed by atoms with E-state index in [9.17, 15) is 0 Å². The molecule has 110 valence electrons. The maximum absolute atomic E-state index is 3.80. The van der Waals surface area contributed by atoms with Crippen LogP contribution < -0.4 is 5.32 Å². The van der Waals surface area contributed by atoms with Gasteiger partial charge >= 0.3 is 0 Å². The molecule has 20 heavy (non-hydrogen) atoms. The van der Waals surface area contributed by atoms with Gasteiger partial charge in [-0.05, 0) is 75.0 Å². The van der Waals surface area contributed by atoms with E-state index in [0.717, 1.165) is 18.0 Å². The van der Waals surface area contributed by atoms with Crippen molar-refractivity contribution in [3.8, 4) is 0 Å². The summed E-state index contributed by atoms with van der Waals surface area (Å²) in [6.45, 7) is 3.36. The van der Waals surface area contributed by atoms with Gasteiger partial charge in [-0.15, -0.1) is 0 Å². The molecule has 0 saturated heterocycles. The molecule has 1 spiro atoms. The zero-order valence-electron chi connectivity index (χ0n) is 13.0. The fraction of sp³-hybridized carbons (Fsp3) is 0.684. The first kappa shape index (κ1) is 14.1. The zero-order chi connectivity index (χ0) is 13.8. The molecule has 2 aliphatic carbocycles. The highest BCUT2D eigenvalue weighted by atomic mass is 14.9. The topological polar surface area (TPSA) is 12.0 Å². The number of rotatable bonds is 4. The summed E-state index contributed by atoms with van der Waals surface area (Å²) in [6, 6.07) is 9.57. The first-order valence-corrected chi connectivity index (χ1v) is 8.55. The van der Waals surface area contributed by atoms with E-state index in [1.54, 1.807) is 0 Å². The van der Waals surface area contributed by atoms with Crippen molar-refractivity contribution in [1.29, 1.82) is 0 Å². The van der Waals surface area contributed by atoms with E-state index in [0.29, 0.717) is 0 Å². The van der Waals surface area contributed by atoms with Gasteiger partial charge in [0.1, 0.15) is 0 Å². The van der Waals surface area contributed by atoms with Crippen molar-refractivity contribution in [2.45, 2.75) is 70.8 Å². The fourth-order valence-electron chi connectivity index (χ4n) is 4.36. The third kappa shape index (κ3) is 3.25. The minimum absolute atomic E-state index is 0.772. The summed E-state index contributed by atoms with van der Waals surface area (Å²) in [7, 11) is 0. The van der Waals surface area contributed by atoms with Crippen molar-refractivity contribution in [3.05, 3.63) is 35.4 Å². The monoisotopic (exact) mass is 271 g/mol. The molecule has 0 amide bonds. The van der Waals surface area contributed by atoms with Gasteiger partial charge in [-0.25, -0.2) is 0 Å².